The number of rotatable bonds is 0. The predicted octanol–water partition coefficient (Wildman–Crippen LogP) is 0.365. The summed E-state index contributed by atoms with van der Waals surface area (Å²) in [6.07, 6.45) is 0.822. The molecule has 0 spiro atoms. The first kappa shape index (κ1) is 7.03. The van der Waals surface area contributed by atoms with Crippen LogP contribution in [0.3, 0.4) is 0 Å². The lowest BCUT2D eigenvalue weighted by atomic mass is 9.95. The van der Waals surface area contributed by atoms with E-state index in [-0.39, 0.29) is 6.10 Å². The second kappa shape index (κ2) is 2.67. The lowest BCUT2D eigenvalue weighted by molar-refractivity contribution is 0.0824. The summed E-state index contributed by atoms with van der Waals surface area (Å²) in [6.45, 7) is 5.23. The SMILES string of the molecule is CC1CNC(C)C(O)C1. The van der Waals surface area contributed by atoms with E-state index in [0.29, 0.717) is 12.0 Å². The van der Waals surface area contributed by atoms with Crippen molar-refractivity contribution < 1.29 is 5.11 Å². The monoisotopic (exact) mass is 129 g/mol. The molecule has 0 saturated carbocycles. The van der Waals surface area contributed by atoms with Gasteiger partial charge in [-0.05, 0) is 25.8 Å². The van der Waals surface area contributed by atoms with Crippen molar-refractivity contribution in [3.05, 3.63) is 0 Å². The topological polar surface area (TPSA) is 32.3 Å². The molecule has 1 aliphatic heterocycles. The van der Waals surface area contributed by atoms with Crippen LogP contribution in [0, 0.1) is 5.92 Å². The van der Waals surface area contributed by atoms with E-state index in [9.17, 15) is 5.11 Å². The van der Waals surface area contributed by atoms with Gasteiger partial charge in [0.05, 0.1) is 6.10 Å². The van der Waals surface area contributed by atoms with E-state index in [0.717, 1.165) is 13.0 Å². The highest BCUT2D eigenvalue weighted by atomic mass is 16.3. The maximum absolute atomic E-state index is 9.29. The summed E-state index contributed by atoms with van der Waals surface area (Å²) in [4.78, 5) is 0. The molecule has 1 aliphatic rings. The third-order valence-electron chi connectivity index (χ3n) is 2.01. The molecule has 0 aromatic carbocycles. The molecule has 1 heterocycles. The predicted molar refractivity (Wildman–Crippen MR) is 37.3 cm³/mol. The highest BCUT2D eigenvalue weighted by molar-refractivity contribution is 4.79. The number of aliphatic hydroxyl groups is 1. The van der Waals surface area contributed by atoms with E-state index in [1.165, 1.54) is 0 Å². The molecular formula is C7H15NO. The van der Waals surface area contributed by atoms with Crippen molar-refractivity contribution in [3.63, 3.8) is 0 Å². The third kappa shape index (κ3) is 1.66. The van der Waals surface area contributed by atoms with E-state index < -0.39 is 0 Å². The molecule has 1 rings (SSSR count). The molecule has 3 atom stereocenters. The maximum atomic E-state index is 9.29. The van der Waals surface area contributed by atoms with Gasteiger partial charge in [0, 0.05) is 6.04 Å². The quantitative estimate of drug-likeness (QED) is 0.495. The van der Waals surface area contributed by atoms with Gasteiger partial charge in [0.2, 0.25) is 0 Å². The van der Waals surface area contributed by atoms with Gasteiger partial charge in [0.1, 0.15) is 0 Å². The highest BCUT2D eigenvalue weighted by Gasteiger charge is 2.21. The molecule has 2 N–H and O–H groups in total. The summed E-state index contributed by atoms with van der Waals surface area (Å²) in [5.74, 6) is 0.635. The summed E-state index contributed by atoms with van der Waals surface area (Å²) >= 11 is 0. The van der Waals surface area contributed by atoms with Gasteiger partial charge in [-0.2, -0.15) is 0 Å². The number of piperidine rings is 1. The van der Waals surface area contributed by atoms with Crippen molar-refractivity contribution >= 4 is 0 Å². The van der Waals surface area contributed by atoms with Crippen LogP contribution in [0.25, 0.3) is 0 Å². The van der Waals surface area contributed by atoms with Gasteiger partial charge in [-0.15, -0.1) is 0 Å². The lowest BCUT2D eigenvalue weighted by Crippen LogP contribution is -2.45. The maximum Gasteiger partial charge on any atom is 0.0693 e. The van der Waals surface area contributed by atoms with Crippen molar-refractivity contribution in [1.82, 2.24) is 5.32 Å². The first-order chi connectivity index (χ1) is 4.20. The van der Waals surface area contributed by atoms with Crippen molar-refractivity contribution in [1.29, 1.82) is 0 Å². The minimum absolute atomic E-state index is 0.131. The first-order valence-corrected chi connectivity index (χ1v) is 3.61. The minimum Gasteiger partial charge on any atom is -0.392 e. The highest BCUT2D eigenvalue weighted by Crippen LogP contribution is 2.13. The summed E-state index contributed by atoms with van der Waals surface area (Å²) in [5.41, 5.74) is 0. The standard InChI is InChI=1S/C7H15NO/c1-5-3-7(9)6(2)8-4-5/h5-9H,3-4H2,1-2H3. The molecule has 2 heteroatoms. The van der Waals surface area contributed by atoms with Crippen LogP contribution in [0.5, 0.6) is 0 Å². The largest absolute Gasteiger partial charge is 0.392 e. The zero-order valence-electron chi connectivity index (χ0n) is 6.09. The van der Waals surface area contributed by atoms with Crippen LogP contribution in [0.15, 0.2) is 0 Å². The number of nitrogens with one attached hydrogen (secondary N) is 1. The van der Waals surface area contributed by atoms with Crippen molar-refractivity contribution in [2.75, 3.05) is 6.54 Å². The van der Waals surface area contributed by atoms with Crippen LogP contribution in [0.1, 0.15) is 20.3 Å². The molecule has 9 heavy (non-hydrogen) atoms. The average molecular weight is 129 g/mol. The number of hydrogen-bond acceptors (Lipinski definition) is 2. The molecular weight excluding hydrogens is 114 g/mol. The fourth-order valence-corrected chi connectivity index (χ4v) is 1.22. The Morgan fingerprint density at radius 3 is 2.56 bits per heavy atom. The van der Waals surface area contributed by atoms with E-state index >= 15 is 0 Å². The van der Waals surface area contributed by atoms with Gasteiger partial charge in [-0.25, -0.2) is 0 Å². The zero-order valence-corrected chi connectivity index (χ0v) is 6.09. The Hall–Kier alpha value is -0.0800. The van der Waals surface area contributed by atoms with Gasteiger partial charge in [-0.3, -0.25) is 0 Å². The van der Waals surface area contributed by atoms with E-state index in [4.69, 9.17) is 0 Å². The molecule has 0 aromatic heterocycles. The van der Waals surface area contributed by atoms with E-state index in [1.807, 2.05) is 6.92 Å². The van der Waals surface area contributed by atoms with Gasteiger partial charge < -0.3 is 10.4 Å². The molecule has 0 radical (unpaired) electrons. The molecule has 0 amide bonds. The van der Waals surface area contributed by atoms with Crippen LogP contribution >= 0.6 is 0 Å². The van der Waals surface area contributed by atoms with Gasteiger partial charge >= 0.3 is 0 Å². The summed E-state index contributed by atoms with van der Waals surface area (Å²) < 4.78 is 0. The second-order valence-corrected chi connectivity index (χ2v) is 3.11. The van der Waals surface area contributed by atoms with Gasteiger partial charge in [-0.1, -0.05) is 6.92 Å². The Morgan fingerprint density at radius 1 is 1.44 bits per heavy atom. The molecule has 0 aromatic rings. The first-order valence-electron chi connectivity index (χ1n) is 3.61. The van der Waals surface area contributed by atoms with Crippen LogP contribution in [-0.4, -0.2) is 23.8 Å². The molecule has 1 saturated heterocycles. The minimum atomic E-state index is -0.131. The van der Waals surface area contributed by atoms with Crippen LogP contribution in [-0.2, 0) is 0 Å². The Morgan fingerprint density at radius 2 is 2.11 bits per heavy atom. The van der Waals surface area contributed by atoms with E-state index in [1.54, 1.807) is 0 Å². The molecule has 0 aliphatic carbocycles. The number of hydrogen-bond donors (Lipinski definition) is 2. The zero-order chi connectivity index (χ0) is 6.85. The lowest BCUT2D eigenvalue weighted by Gasteiger charge is -2.29. The summed E-state index contributed by atoms with van der Waals surface area (Å²) in [6, 6.07) is 0.293. The molecule has 54 valence electrons. The smallest absolute Gasteiger partial charge is 0.0693 e. The fourth-order valence-electron chi connectivity index (χ4n) is 1.22. The van der Waals surface area contributed by atoms with Gasteiger partial charge in [0.25, 0.3) is 0 Å². The Kier molecular flexibility index (Phi) is 2.09. The molecule has 3 unspecified atom stereocenters. The van der Waals surface area contributed by atoms with Crippen LogP contribution < -0.4 is 5.32 Å². The van der Waals surface area contributed by atoms with E-state index in [2.05, 4.69) is 12.2 Å². The number of aliphatic hydroxyl groups excluding tert-OH is 1. The summed E-state index contributed by atoms with van der Waals surface area (Å²) in [5, 5.41) is 12.5. The van der Waals surface area contributed by atoms with Crippen LogP contribution in [0.4, 0.5) is 0 Å². The third-order valence-corrected chi connectivity index (χ3v) is 2.01. The van der Waals surface area contributed by atoms with Crippen LogP contribution in [0.2, 0.25) is 0 Å². The Balaban J connectivity index is 2.35. The van der Waals surface area contributed by atoms with Crippen molar-refractivity contribution in [2.45, 2.75) is 32.4 Å². The average Bonchev–Trinajstić information content (AvgIpc) is 1.80. The molecule has 0 bridgehead atoms. The Bertz CT molecular complexity index is 94.9. The van der Waals surface area contributed by atoms with Crippen molar-refractivity contribution in [3.8, 4) is 0 Å². The second-order valence-electron chi connectivity index (χ2n) is 3.11. The molecule has 1 fully saturated rings. The molecule has 2 nitrogen and oxygen atoms in total. The fraction of sp³-hybridized carbons (Fsp3) is 1.00. The normalized spacial score (nSPS) is 45.0. The van der Waals surface area contributed by atoms with Gasteiger partial charge in [0.15, 0.2) is 0 Å². The Labute approximate surface area is 56.3 Å². The summed E-state index contributed by atoms with van der Waals surface area (Å²) in [7, 11) is 0. The van der Waals surface area contributed by atoms with Crippen molar-refractivity contribution in [2.24, 2.45) is 5.92 Å².